The third-order valence-electron chi connectivity index (χ3n) is 2.67. The van der Waals surface area contributed by atoms with Crippen LogP contribution in [0.2, 0.25) is 0 Å². The quantitative estimate of drug-likeness (QED) is 0.749. The van der Waals surface area contributed by atoms with Crippen molar-refractivity contribution in [1.29, 1.82) is 0 Å². The monoisotopic (exact) mass is 252 g/mol. The SMILES string of the molecule is Cc1cnc(-n2nnc(-c3ccccc3)n2)c(N)c1. The molecule has 0 amide bonds. The molecule has 0 radical (unpaired) electrons. The number of tetrazole rings is 1. The third-order valence-corrected chi connectivity index (χ3v) is 2.67. The van der Waals surface area contributed by atoms with Gasteiger partial charge < -0.3 is 5.73 Å². The molecule has 0 aliphatic rings. The number of aryl methyl sites for hydroxylation is 1. The topological polar surface area (TPSA) is 82.5 Å². The van der Waals surface area contributed by atoms with Crippen LogP contribution in [0.15, 0.2) is 42.6 Å². The maximum Gasteiger partial charge on any atom is 0.205 e. The minimum absolute atomic E-state index is 0.486. The molecule has 0 spiro atoms. The number of nitrogens with zero attached hydrogens (tertiary/aromatic N) is 5. The number of nitrogen functional groups attached to an aromatic ring is 1. The lowest BCUT2D eigenvalue weighted by atomic mass is 10.2. The number of benzene rings is 1. The predicted molar refractivity (Wildman–Crippen MR) is 71.5 cm³/mol. The van der Waals surface area contributed by atoms with Crippen LogP contribution in [0.5, 0.6) is 0 Å². The molecule has 3 rings (SSSR count). The molecule has 0 atom stereocenters. The van der Waals surface area contributed by atoms with E-state index < -0.39 is 0 Å². The first-order chi connectivity index (χ1) is 9.24. The van der Waals surface area contributed by atoms with Gasteiger partial charge in [0, 0.05) is 11.8 Å². The number of aromatic nitrogens is 5. The summed E-state index contributed by atoms with van der Waals surface area (Å²) in [6.45, 7) is 1.93. The van der Waals surface area contributed by atoms with E-state index in [0.29, 0.717) is 17.3 Å². The van der Waals surface area contributed by atoms with E-state index in [1.807, 2.05) is 43.3 Å². The van der Waals surface area contributed by atoms with Crippen molar-refractivity contribution in [1.82, 2.24) is 25.2 Å². The molecule has 0 unspecified atom stereocenters. The van der Waals surface area contributed by atoms with Crippen LogP contribution in [-0.4, -0.2) is 25.2 Å². The number of anilines is 1. The highest BCUT2D eigenvalue weighted by atomic mass is 15.6. The molecule has 0 saturated carbocycles. The van der Waals surface area contributed by atoms with Gasteiger partial charge in [-0.2, -0.15) is 0 Å². The van der Waals surface area contributed by atoms with Crippen molar-refractivity contribution >= 4 is 5.69 Å². The van der Waals surface area contributed by atoms with Crippen LogP contribution in [0.4, 0.5) is 5.69 Å². The first-order valence-electron chi connectivity index (χ1n) is 5.82. The highest BCUT2D eigenvalue weighted by molar-refractivity contribution is 5.55. The molecule has 3 aromatic rings. The Morgan fingerprint density at radius 2 is 1.95 bits per heavy atom. The summed E-state index contributed by atoms with van der Waals surface area (Å²) < 4.78 is 0. The Hall–Kier alpha value is -2.76. The molecule has 2 aromatic heterocycles. The zero-order valence-corrected chi connectivity index (χ0v) is 10.4. The van der Waals surface area contributed by atoms with Crippen molar-refractivity contribution < 1.29 is 0 Å². The van der Waals surface area contributed by atoms with Gasteiger partial charge in [-0.3, -0.25) is 0 Å². The first kappa shape index (κ1) is 11.3. The molecule has 0 saturated heterocycles. The highest BCUT2D eigenvalue weighted by Crippen LogP contribution is 2.16. The molecule has 19 heavy (non-hydrogen) atoms. The van der Waals surface area contributed by atoms with E-state index in [1.165, 1.54) is 4.80 Å². The summed E-state index contributed by atoms with van der Waals surface area (Å²) in [7, 11) is 0. The van der Waals surface area contributed by atoms with Gasteiger partial charge in [-0.15, -0.1) is 15.0 Å². The molecule has 94 valence electrons. The summed E-state index contributed by atoms with van der Waals surface area (Å²) in [5.74, 6) is 1.03. The van der Waals surface area contributed by atoms with E-state index in [1.54, 1.807) is 6.20 Å². The summed E-state index contributed by atoms with van der Waals surface area (Å²) in [5.41, 5.74) is 8.33. The van der Waals surface area contributed by atoms with E-state index in [0.717, 1.165) is 11.1 Å². The fourth-order valence-corrected chi connectivity index (χ4v) is 1.76. The van der Waals surface area contributed by atoms with Gasteiger partial charge in [0.05, 0.1) is 5.69 Å². The van der Waals surface area contributed by atoms with E-state index in [-0.39, 0.29) is 0 Å². The lowest BCUT2D eigenvalue weighted by Crippen LogP contribution is -2.06. The van der Waals surface area contributed by atoms with Crippen molar-refractivity contribution in [2.24, 2.45) is 0 Å². The lowest BCUT2D eigenvalue weighted by Gasteiger charge is -2.02. The normalized spacial score (nSPS) is 10.6. The van der Waals surface area contributed by atoms with Gasteiger partial charge in [0.25, 0.3) is 0 Å². The van der Waals surface area contributed by atoms with Gasteiger partial charge in [0.1, 0.15) is 0 Å². The number of pyridine rings is 1. The molecule has 0 aliphatic heterocycles. The molecular formula is C13H12N6. The number of rotatable bonds is 2. The number of nitrogens with two attached hydrogens (primary N) is 1. The largest absolute Gasteiger partial charge is 0.396 e. The molecule has 6 heteroatoms. The lowest BCUT2D eigenvalue weighted by molar-refractivity contribution is 0.702. The molecule has 2 heterocycles. The second kappa shape index (κ2) is 4.49. The van der Waals surface area contributed by atoms with Crippen LogP contribution in [-0.2, 0) is 0 Å². The highest BCUT2D eigenvalue weighted by Gasteiger charge is 2.10. The van der Waals surface area contributed by atoms with Gasteiger partial charge in [-0.1, -0.05) is 30.3 Å². The van der Waals surface area contributed by atoms with Gasteiger partial charge in [-0.05, 0) is 23.8 Å². The van der Waals surface area contributed by atoms with Gasteiger partial charge in [-0.25, -0.2) is 4.98 Å². The summed E-state index contributed by atoms with van der Waals surface area (Å²) in [5, 5.41) is 12.3. The van der Waals surface area contributed by atoms with E-state index in [9.17, 15) is 0 Å². The van der Waals surface area contributed by atoms with Crippen molar-refractivity contribution in [3.63, 3.8) is 0 Å². The average molecular weight is 252 g/mol. The van der Waals surface area contributed by atoms with Crippen LogP contribution in [0.3, 0.4) is 0 Å². The van der Waals surface area contributed by atoms with Crippen LogP contribution >= 0.6 is 0 Å². The molecule has 2 N–H and O–H groups in total. The van der Waals surface area contributed by atoms with Crippen molar-refractivity contribution in [3.8, 4) is 17.2 Å². The van der Waals surface area contributed by atoms with E-state index in [4.69, 9.17) is 5.73 Å². The Bertz CT molecular complexity index is 704. The predicted octanol–water partition coefficient (Wildman–Crippen LogP) is 1.61. The maximum absolute atomic E-state index is 5.91. The third kappa shape index (κ3) is 2.15. The standard InChI is InChI=1S/C13H12N6/c1-9-7-11(14)13(15-8-9)19-17-12(16-18-19)10-5-3-2-4-6-10/h2-8H,14H2,1H3. The Kier molecular flexibility index (Phi) is 2.68. The first-order valence-corrected chi connectivity index (χ1v) is 5.82. The van der Waals surface area contributed by atoms with E-state index >= 15 is 0 Å². The molecule has 0 fully saturated rings. The smallest absolute Gasteiger partial charge is 0.205 e. The van der Waals surface area contributed by atoms with Crippen LogP contribution < -0.4 is 5.73 Å². The minimum Gasteiger partial charge on any atom is -0.396 e. The zero-order valence-electron chi connectivity index (χ0n) is 10.4. The summed E-state index contributed by atoms with van der Waals surface area (Å²) in [4.78, 5) is 5.57. The number of hydrogen-bond donors (Lipinski definition) is 1. The fraction of sp³-hybridized carbons (Fsp3) is 0.0769. The Morgan fingerprint density at radius 1 is 1.16 bits per heavy atom. The van der Waals surface area contributed by atoms with E-state index in [2.05, 4.69) is 20.4 Å². The molecule has 0 aliphatic carbocycles. The molecule has 1 aromatic carbocycles. The summed E-state index contributed by atoms with van der Waals surface area (Å²) in [6, 6.07) is 11.5. The Labute approximate surface area is 109 Å². The second-order valence-electron chi connectivity index (χ2n) is 4.19. The van der Waals surface area contributed by atoms with Crippen molar-refractivity contribution in [3.05, 3.63) is 48.2 Å². The molecular weight excluding hydrogens is 240 g/mol. The van der Waals surface area contributed by atoms with Crippen LogP contribution in [0.25, 0.3) is 17.2 Å². The number of hydrogen-bond acceptors (Lipinski definition) is 5. The second-order valence-corrected chi connectivity index (χ2v) is 4.19. The molecule has 6 nitrogen and oxygen atoms in total. The Balaban J connectivity index is 2.02. The van der Waals surface area contributed by atoms with Crippen LogP contribution in [0, 0.1) is 6.92 Å². The van der Waals surface area contributed by atoms with Crippen molar-refractivity contribution in [2.75, 3.05) is 5.73 Å². The fourth-order valence-electron chi connectivity index (χ4n) is 1.76. The van der Waals surface area contributed by atoms with Crippen LogP contribution in [0.1, 0.15) is 5.56 Å². The minimum atomic E-state index is 0.486. The Morgan fingerprint density at radius 3 is 2.68 bits per heavy atom. The van der Waals surface area contributed by atoms with Gasteiger partial charge >= 0.3 is 0 Å². The summed E-state index contributed by atoms with van der Waals surface area (Å²) in [6.07, 6.45) is 1.72. The summed E-state index contributed by atoms with van der Waals surface area (Å²) >= 11 is 0. The van der Waals surface area contributed by atoms with Gasteiger partial charge in [0.2, 0.25) is 5.82 Å². The van der Waals surface area contributed by atoms with Crippen molar-refractivity contribution in [2.45, 2.75) is 6.92 Å². The average Bonchev–Trinajstić information content (AvgIpc) is 2.89. The zero-order chi connectivity index (χ0) is 13.2. The van der Waals surface area contributed by atoms with Gasteiger partial charge in [0.15, 0.2) is 5.82 Å². The maximum atomic E-state index is 5.91. The molecule has 0 bridgehead atoms.